The summed E-state index contributed by atoms with van der Waals surface area (Å²) in [6.07, 6.45) is 3.24. The van der Waals surface area contributed by atoms with Gasteiger partial charge in [-0.25, -0.2) is 0 Å². The first-order chi connectivity index (χ1) is 10.0. The molecule has 0 aliphatic carbocycles. The van der Waals surface area contributed by atoms with E-state index in [0.29, 0.717) is 23.6 Å². The first kappa shape index (κ1) is 15.3. The number of anilines is 1. The Morgan fingerprint density at radius 2 is 1.95 bits per heavy atom. The van der Waals surface area contributed by atoms with E-state index >= 15 is 0 Å². The minimum Gasteiger partial charge on any atom is -0.395 e. The second-order valence-electron chi connectivity index (χ2n) is 5.29. The van der Waals surface area contributed by atoms with E-state index < -0.39 is 0 Å². The van der Waals surface area contributed by atoms with Gasteiger partial charge in [0.25, 0.3) is 5.91 Å². The molecule has 1 aliphatic rings. The number of hydrogen-bond donors (Lipinski definition) is 2. The lowest BCUT2D eigenvalue weighted by Gasteiger charge is -2.26. The smallest absolute Gasteiger partial charge is 0.272 e. The van der Waals surface area contributed by atoms with Gasteiger partial charge in [-0.15, -0.1) is 0 Å². The molecule has 1 fully saturated rings. The number of nitrogens with two attached hydrogens (primary N) is 1. The molecule has 1 saturated heterocycles. The first-order valence-corrected chi connectivity index (χ1v) is 7.43. The minimum absolute atomic E-state index is 0.00617. The van der Waals surface area contributed by atoms with Crippen LogP contribution in [0.2, 0.25) is 0 Å². The summed E-state index contributed by atoms with van der Waals surface area (Å²) in [5.74, 6) is -0.388. The molecule has 2 heterocycles. The molecule has 3 N–H and O–H groups in total. The van der Waals surface area contributed by atoms with Gasteiger partial charge in [-0.05, 0) is 33.1 Å². The van der Waals surface area contributed by atoms with Crippen LogP contribution in [0.1, 0.15) is 42.4 Å². The van der Waals surface area contributed by atoms with Crippen molar-refractivity contribution in [3.05, 3.63) is 11.4 Å². The van der Waals surface area contributed by atoms with Gasteiger partial charge in [-0.2, -0.15) is 5.10 Å². The highest BCUT2D eigenvalue weighted by Crippen LogP contribution is 2.16. The molecule has 0 saturated carbocycles. The zero-order chi connectivity index (χ0) is 15.4. The van der Waals surface area contributed by atoms with E-state index in [1.54, 1.807) is 16.5 Å². The number of nitrogens with zero attached hydrogens (tertiary/aromatic N) is 3. The van der Waals surface area contributed by atoms with Gasteiger partial charge >= 0.3 is 0 Å². The summed E-state index contributed by atoms with van der Waals surface area (Å²) in [6, 6.07) is 0. The zero-order valence-corrected chi connectivity index (χ0v) is 12.7. The van der Waals surface area contributed by atoms with Crippen LogP contribution in [0.5, 0.6) is 0 Å². The maximum absolute atomic E-state index is 12.2. The topological polar surface area (TPSA) is 93.2 Å². The fraction of sp³-hybridized carbons (Fsp3) is 0.643. The van der Waals surface area contributed by atoms with Gasteiger partial charge in [-0.1, -0.05) is 0 Å². The minimum atomic E-state index is -0.347. The summed E-state index contributed by atoms with van der Waals surface area (Å²) in [5.41, 5.74) is 7.23. The van der Waals surface area contributed by atoms with Crippen LogP contribution in [0.15, 0.2) is 0 Å². The van der Waals surface area contributed by atoms with Crippen molar-refractivity contribution in [1.29, 1.82) is 0 Å². The van der Waals surface area contributed by atoms with Gasteiger partial charge < -0.3 is 16.0 Å². The molecule has 2 amide bonds. The maximum atomic E-state index is 12.2. The fourth-order valence-electron chi connectivity index (χ4n) is 2.56. The molecule has 21 heavy (non-hydrogen) atoms. The van der Waals surface area contributed by atoms with Gasteiger partial charge in [0.2, 0.25) is 5.91 Å². The largest absolute Gasteiger partial charge is 0.395 e. The quantitative estimate of drug-likeness (QED) is 0.847. The number of aromatic nitrogens is 2. The third-order valence-corrected chi connectivity index (χ3v) is 3.80. The summed E-state index contributed by atoms with van der Waals surface area (Å²) in [7, 11) is 0. The van der Waals surface area contributed by atoms with Crippen molar-refractivity contribution in [2.45, 2.75) is 39.7 Å². The number of carbonyl (C=O) groups is 2. The Labute approximate surface area is 124 Å². The molecule has 0 radical (unpaired) electrons. The van der Waals surface area contributed by atoms with E-state index in [2.05, 4.69) is 10.4 Å². The molecule has 0 bridgehead atoms. The van der Waals surface area contributed by atoms with Crippen molar-refractivity contribution in [1.82, 2.24) is 20.0 Å². The normalized spacial score (nSPS) is 15.0. The van der Waals surface area contributed by atoms with E-state index in [1.807, 2.05) is 6.92 Å². The SMILES string of the molecule is CCn1nc(C)c(N)c1C(=O)NCC(=O)N1CCCCC1. The molecule has 7 nitrogen and oxygen atoms in total. The van der Waals surface area contributed by atoms with Gasteiger partial charge in [-0.3, -0.25) is 14.3 Å². The summed E-state index contributed by atoms with van der Waals surface area (Å²) < 4.78 is 1.56. The summed E-state index contributed by atoms with van der Waals surface area (Å²) in [5, 5.41) is 6.86. The third-order valence-electron chi connectivity index (χ3n) is 3.80. The standard InChI is InChI=1S/C14H23N5O2/c1-3-19-13(12(15)10(2)17-19)14(21)16-9-11(20)18-7-5-4-6-8-18/h3-9,15H2,1-2H3,(H,16,21). The lowest BCUT2D eigenvalue weighted by Crippen LogP contribution is -2.43. The molecule has 2 rings (SSSR count). The van der Waals surface area contributed by atoms with Crippen LogP contribution < -0.4 is 11.1 Å². The molecular formula is C14H23N5O2. The Bertz CT molecular complexity index is 532. The number of nitrogens with one attached hydrogen (secondary N) is 1. The maximum Gasteiger partial charge on any atom is 0.272 e. The van der Waals surface area contributed by atoms with E-state index in [-0.39, 0.29) is 18.4 Å². The van der Waals surface area contributed by atoms with Crippen molar-refractivity contribution >= 4 is 17.5 Å². The Kier molecular flexibility index (Phi) is 4.82. The molecule has 1 aliphatic heterocycles. The van der Waals surface area contributed by atoms with Crippen LogP contribution in [0.25, 0.3) is 0 Å². The molecule has 1 aromatic heterocycles. The molecule has 0 spiro atoms. The number of nitrogen functional groups attached to an aromatic ring is 1. The number of rotatable bonds is 4. The van der Waals surface area contributed by atoms with Crippen LogP contribution in [0.4, 0.5) is 5.69 Å². The van der Waals surface area contributed by atoms with E-state index in [9.17, 15) is 9.59 Å². The lowest BCUT2D eigenvalue weighted by atomic mass is 10.1. The highest BCUT2D eigenvalue weighted by molar-refractivity contribution is 5.99. The second-order valence-corrected chi connectivity index (χ2v) is 5.29. The number of hydrogen-bond acceptors (Lipinski definition) is 4. The Hall–Kier alpha value is -2.05. The highest BCUT2D eigenvalue weighted by atomic mass is 16.2. The van der Waals surface area contributed by atoms with Crippen molar-refractivity contribution in [3.8, 4) is 0 Å². The molecule has 1 aromatic rings. The number of piperidine rings is 1. The fourth-order valence-corrected chi connectivity index (χ4v) is 2.56. The van der Waals surface area contributed by atoms with Crippen LogP contribution in [-0.4, -0.2) is 46.1 Å². The predicted octanol–water partition coefficient (Wildman–Crippen LogP) is 0.536. The summed E-state index contributed by atoms with van der Waals surface area (Å²) >= 11 is 0. The summed E-state index contributed by atoms with van der Waals surface area (Å²) in [6.45, 7) is 5.78. The first-order valence-electron chi connectivity index (χ1n) is 7.43. The van der Waals surface area contributed by atoms with Crippen LogP contribution in [0.3, 0.4) is 0 Å². The average Bonchev–Trinajstić information content (AvgIpc) is 2.80. The number of likely N-dealkylation sites (tertiary alicyclic amines) is 1. The van der Waals surface area contributed by atoms with Crippen LogP contribution >= 0.6 is 0 Å². The molecule has 0 atom stereocenters. The molecule has 0 unspecified atom stereocenters. The summed E-state index contributed by atoms with van der Waals surface area (Å²) in [4.78, 5) is 26.1. The van der Waals surface area contributed by atoms with E-state index in [4.69, 9.17) is 5.73 Å². The van der Waals surface area contributed by atoms with Crippen molar-refractivity contribution in [2.75, 3.05) is 25.4 Å². The average molecular weight is 293 g/mol. The number of aryl methyl sites for hydroxylation is 2. The van der Waals surface area contributed by atoms with E-state index in [0.717, 1.165) is 25.9 Å². The Morgan fingerprint density at radius 3 is 2.57 bits per heavy atom. The van der Waals surface area contributed by atoms with Crippen LogP contribution in [0, 0.1) is 6.92 Å². The van der Waals surface area contributed by atoms with Gasteiger partial charge in [0.05, 0.1) is 17.9 Å². The number of carbonyl (C=O) groups excluding carboxylic acids is 2. The zero-order valence-electron chi connectivity index (χ0n) is 12.7. The highest BCUT2D eigenvalue weighted by Gasteiger charge is 2.21. The van der Waals surface area contributed by atoms with Crippen molar-refractivity contribution < 1.29 is 9.59 Å². The van der Waals surface area contributed by atoms with Crippen molar-refractivity contribution in [2.24, 2.45) is 0 Å². The lowest BCUT2D eigenvalue weighted by molar-refractivity contribution is -0.130. The van der Waals surface area contributed by atoms with E-state index in [1.165, 1.54) is 6.42 Å². The van der Waals surface area contributed by atoms with Gasteiger partial charge in [0.15, 0.2) is 0 Å². The predicted molar refractivity (Wildman–Crippen MR) is 79.8 cm³/mol. The molecule has 0 aromatic carbocycles. The van der Waals surface area contributed by atoms with Gasteiger partial charge in [0, 0.05) is 19.6 Å². The van der Waals surface area contributed by atoms with Gasteiger partial charge in [0.1, 0.15) is 5.69 Å². The Morgan fingerprint density at radius 1 is 1.29 bits per heavy atom. The third kappa shape index (κ3) is 3.34. The molecule has 7 heteroatoms. The second kappa shape index (κ2) is 6.60. The molecule has 116 valence electrons. The number of amides is 2. The van der Waals surface area contributed by atoms with Crippen molar-refractivity contribution in [3.63, 3.8) is 0 Å². The monoisotopic (exact) mass is 293 g/mol. The van der Waals surface area contributed by atoms with Crippen LogP contribution in [-0.2, 0) is 11.3 Å². The Balaban J connectivity index is 1.97. The molecular weight excluding hydrogens is 270 g/mol.